The fraction of sp³-hybridized carbons (Fsp3) is 0.250. The molecular formula is C24H22FNO3. The number of hydrogen-bond donors (Lipinski definition) is 1. The number of aliphatic hydroxyl groups is 1. The number of nitrogens with zero attached hydrogens (tertiary/aromatic N) is 1. The van der Waals surface area contributed by atoms with Crippen molar-refractivity contribution in [3.05, 3.63) is 95.8 Å². The molecule has 2 fully saturated rings. The largest absolute Gasteiger partial charge is 0.489 e. The van der Waals surface area contributed by atoms with Crippen LogP contribution in [0.3, 0.4) is 0 Å². The van der Waals surface area contributed by atoms with Crippen molar-refractivity contribution in [2.75, 3.05) is 11.5 Å². The molecule has 3 aromatic rings. The zero-order chi connectivity index (χ0) is 19.8. The monoisotopic (exact) mass is 391 g/mol. The normalized spacial score (nSPS) is 25.4. The molecule has 3 aromatic carbocycles. The van der Waals surface area contributed by atoms with Crippen LogP contribution in [0.15, 0.2) is 78.9 Å². The lowest BCUT2D eigenvalue weighted by Crippen LogP contribution is -2.60. The number of aliphatic hydroxyl groups excluding tert-OH is 1. The van der Waals surface area contributed by atoms with Gasteiger partial charge in [-0.1, -0.05) is 42.5 Å². The summed E-state index contributed by atoms with van der Waals surface area (Å²) >= 11 is 0. The third kappa shape index (κ3) is 3.59. The maximum Gasteiger partial charge on any atom is 0.135 e. The molecule has 0 aliphatic carbocycles. The maximum atomic E-state index is 13.3. The molecule has 5 heteroatoms. The molecule has 1 unspecified atom stereocenters. The van der Waals surface area contributed by atoms with Gasteiger partial charge in [0.05, 0.1) is 24.7 Å². The van der Waals surface area contributed by atoms with Crippen LogP contribution < -0.4 is 9.64 Å². The minimum absolute atomic E-state index is 0.00357. The van der Waals surface area contributed by atoms with Gasteiger partial charge in [-0.3, -0.25) is 0 Å². The first-order chi connectivity index (χ1) is 14.2. The average molecular weight is 391 g/mol. The van der Waals surface area contributed by atoms with Gasteiger partial charge in [0.2, 0.25) is 0 Å². The van der Waals surface area contributed by atoms with Crippen LogP contribution in [0.25, 0.3) is 0 Å². The lowest BCUT2D eigenvalue weighted by molar-refractivity contribution is -0.00950. The molecule has 29 heavy (non-hydrogen) atoms. The first-order valence-electron chi connectivity index (χ1n) is 9.81. The molecular weight excluding hydrogens is 369 g/mol. The number of benzene rings is 3. The molecule has 0 aromatic heterocycles. The maximum absolute atomic E-state index is 13.3. The van der Waals surface area contributed by atoms with Gasteiger partial charge in [-0.2, -0.15) is 0 Å². The van der Waals surface area contributed by atoms with Crippen molar-refractivity contribution in [1.82, 2.24) is 0 Å². The molecule has 5 rings (SSSR count). The molecule has 0 amide bonds. The topological polar surface area (TPSA) is 45.2 Å². The second kappa shape index (κ2) is 7.50. The van der Waals surface area contributed by atoms with Gasteiger partial charge in [0, 0.05) is 5.69 Å². The van der Waals surface area contributed by atoms with Gasteiger partial charge in [-0.15, -0.1) is 0 Å². The van der Waals surface area contributed by atoms with Gasteiger partial charge in [-0.25, -0.2) is 4.39 Å². The fourth-order valence-electron chi connectivity index (χ4n) is 4.08. The van der Waals surface area contributed by atoms with Gasteiger partial charge in [0.1, 0.15) is 24.4 Å². The van der Waals surface area contributed by atoms with Crippen LogP contribution in [-0.4, -0.2) is 24.0 Å². The SMILES string of the molecule is OC1[C@H]([C@@H]2CO2)[C@@H](c2ccc(OCc3ccccc3)cc2)N1c1ccc(F)cc1. The molecule has 1 N–H and O–H groups in total. The fourth-order valence-corrected chi connectivity index (χ4v) is 4.08. The van der Waals surface area contributed by atoms with Crippen molar-refractivity contribution in [1.29, 1.82) is 0 Å². The first kappa shape index (κ1) is 18.2. The third-order valence-corrected chi connectivity index (χ3v) is 5.68. The Morgan fingerprint density at radius 3 is 2.31 bits per heavy atom. The molecule has 0 saturated carbocycles. The standard InChI is InChI=1S/C24H22FNO3/c25-18-8-10-19(11-9-18)26-23(22(24(26)27)21-15-29-21)17-6-12-20(13-7-17)28-14-16-4-2-1-3-5-16/h1-13,21-24,27H,14-15H2/t21-,22+,23+,24?/m0/s1. The van der Waals surface area contributed by atoms with E-state index in [0.717, 1.165) is 22.6 Å². The van der Waals surface area contributed by atoms with E-state index in [4.69, 9.17) is 9.47 Å². The minimum atomic E-state index is -0.646. The Kier molecular flexibility index (Phi) is 4.70. The van der Waals surface area contributed by atoms with Gasteiger partial charge >= 0.3 is 0 Å². The van der Waals surface area contributed by atoms with Crippen LogP contribution in [0.4, 0.5) is 10.1 Å². The third-order valence-electron chi connectivity index (χ3n) is 5.68. The molecule has 2 aliphatic heterocycles. The van der Waals surface area contributed by atoms with Crippen molar-refractivity contribution in [2.24, 2.45) is 5.92 Å². The molecule has 4 atom stereocenters. The zero-order valence-corrected chi connectivity index (χ0v) is 15.8. The summed E-state index contributed by atoms with van der Waals surface area (Å²) in [6.07, 6.45) is -0.576. The molecule has 2 aliphatic rings. The Bertz CT molecular complexity index is 958. The highest BCUT2D eigenvalue weighted by Gasteiger charge is 2.56. The predicted molar refractivity (Wildman–Crippen MR) is 108 cm³/mol. The quantitative estimate of drug-likeness (QED) is 0.637. The second-order valence-corrected chi connectivity index (χ2v) is 7.53. The van der Waals surface area contributed by atoms with Crippen molar-refractivity contribution in [3.63, 3.8) is 0 Å². The van der Waals surface area contributed by atoms with Crippen molar-refractivity contribution in [3.8, 4) is 5.75 Å². The van der Waals surface area contributed by atoms with Gasteiger partial charge in [0.25, 0.3) is 0 Å². The van der Waals surface area contributed by atoms with E-state index >= 15 is 0 Å². The number of halogens is 1. The molecule has 2 heterocycles. The Hall–Kier alpha value is -2.89. The zero-order valence-electron chi connectivity index (χ0n) is 15.8. The summed E-state index contributed by atoms with van der Waals surface area (Å²) in [7, 11) is 0. The van der Waals surface area contributed by atoms with Crippen LogP contribution in [0.5, 0.6) is 5.75 Å². The van der Waals surface area contributed by atoms with Gasteiger partial charge in [-0.05, 0) is 47.5 Å². The molecule has 0 bridgehead atoms. The Labute approximate surface area is 169 Å². The molecule has 2 saturated heterocycles. The average Bonchev–Trinajstić information content (AvgIpc) is 3.58. The molecule has 0 spiro atoms. The number of ether oxygens (including phenoxy) is 2. The van der Waals surface area contributed by atoms with Crippen LogP contribution in [0, 0.1) is 11.7 Å². The summed E-state index contributed by atoms with van der Waals surface area (Å²) in [4.78, 5) is 1.92. The highest BCUT2D eigenvalue weighted by molar-refractivity contribution is 5.54. The molecule has 0 radical (unpaired) electrons. The van der Waals surface area contributed by atoms with E-state index in [0.29, 0.717) is 13.2 Å². The summed E-state index contributed by atoms with van der Waals surface area (Å²) in [5.74, 6) is 0.503. The summed E-state index contributed by atoms with van der Waals surface area (Å²) in [6.45, 7) is 1.19. The summed E-state index contributed by atoms with van der Waals surface area (Å²) in [6, 6.07) is 24.2. The van der Waals surface area contributed by atoms with E-state index in [1.165, 1.54) is 12.1 Å². The predicted octanol–water partition coefficient (Wildman–Crippen LogP) is 4.30. The smallest absolute Gasteiger partial charge is 0.135 e. The second-order valence-electron chi connectivity index (χ2n) is 7.53. The molecule has 4 nitrogen and oxygen atoms in total. The summed E-state index contributed by atoms with van der Waals surface area (Å²) in [5, 5.41) is 10.7. The van der Waals surface area contributed by atoms with E-state index in [1.807, 2.05) is 59.5 Å². The Balaban J connectivity index is 1.34. The van der Waals surface area contributed by atoms with E-state index in [1.54, 1.807) is 12.1 Å². The number of rotatable bonds is 6. The highest BCUT2D eigenvalue weighted by Crippen LogP contribution is 2.50. The van der Waals surface area contributed by atoms with Crippen LogP contribution >= 0.6 is 0 Å². The van der Waals surface area contributed by atoms with Crippen molar-refractivity contribution < 1.29 is 19.0 Å². The van der Waals surface area contributed by atoms with Gasteiger partial charge < -0.3 is 19.5 Å². The first-order valence-corrected chi connectivity index (χ1v) is 9.81. The Morgan fingerprint density at radius 2 is 1.66 bits per heavy atom. The van der Waals surface area contributed by atoms with E-state index < -0.39 is 6.23 Å². The van der Waals surface area contributed by atoms with Crippen LogP contribution in [0.2, 0.25) is 0 Å². The van der Waals surface area contributed by atoms with Crippen molar-refractivity contribution in [2.45, 2.75) is 25.0 Å². The Morgan fingerprint density at radius 1 is 0.966 bits per heavy atom. The van der Waals surface area contributed by atoms with Gasteiger partial charge in [0.15, 0.2) is 0 Å². The summed E-state index contributed by atoms with van der Waals surface area (Å²) < 4.78 is 24.7. The van der Waals surface area contributed by atoms with E-state index in [9.17, 15) is 9.50 Å². The lowest BCUT2D eigenvalue weighted by atomic mass is 9.78. The van der Waals surface area contributed by atoms with Crippen molar-refractivity contribution >= 4 is 5.69 Å². The molecule has 148 valence electrons. The number of hydrogen-bond acceptors (Lipinski definition) is 4. The lowest BCUT2D eigenvalue weighted by Gasteiger charge is -2.53. The van der Waals surface area contributed by atoms with E-state index in [-0.39, 0.29) is 23.9 Å². The van der Waals surface area contributed by atoms with Crippen LogP contribution in [-0.2, 0) is 11.3 Å². The number of epoxide rings is 1. The number of anilines is 1. The van der Waals surface area contributed by atoms with E-state index in [2.05, 4.69) is 0 Å². The highest BCUT2D eigenvalue weighted by atomic mass is 19.1. The summed E-state index contributed by atoms with van der Waals surface area (Å²) in [5.41, 5.74) is 2.99. The van der Waals surface area contributed by atoms with Crippen LogP contribution in [0.1, 0.15) is 17.2 Å². The minimum Gasteiger partial charge on any atom is -0.489 e.